The molecule has 0 aliphatic heterocycles. The molecule has 0 amide bonds. The minimum absolute atomic E-state index is 0.150. The summed E-state index contributed by atoms with van der Waals surface area (Å²) in [7, 11) is 0. The Morgan fingerprint density at radius 3 is 2.62 bits per heavy atom. The highest BCUT2D eigenvalue weighted by atomic mass is 79.9. The second-order valence-electron chi connectivity index (χ2n) is 6.58. The zero-order valence-electron chi connectivity index (χ0n) is 15.6. The van der Waals surface area contributed by atoms with Gasteiger partial charge in [0.15, 0.2) is 11.5 Å². The van der Waals surface area contributed by atoms with E-state index in [2.05, 4.69) is 35.1 Å². The first-order chi connectivity index (χ1) is 12.5. The zero-order valence-corrected chi connectivity index (χ0v) is 17.2. The van der Waals surface area contributed by atoms with Crippen LogP contribution < -0.4 is 14.8 Å². The zero-order chi connectivity index (χ0) is 18.9. The van der Waals surface area contributed by atoms with Crippen molar-refractivity contribution in [3.63, 3.8) is 0 Å². The summed E-state index contributed by atoms with van der Waals surface area (Å²) in [6.07, 6.45) is 1.14. The largest absolute Gasteiger partial charge is 0.490 e. The Balaban J connectivity index is 2.09. The minimum Gasteiger partial charge on any atom is -0.490 e. The molecule has 0 fully saturated rings. The van der Waals surface area contributed by atoms with Crippen molar-refractivity contribution in [3.05, 3.63) is 57.8 Å². The summed E-state index contributed by atoms with van der Waals surface area (Å²) in [5.41, 5.74) is 1.63. The van der Waals surface area contributed by atoms with Crippen LogP contribution in [0, 0.1) is 11.7 Å². The average Bonchev–Trinajstić information content (AvgIpc) is 2.59. The molecule has 2 aromatic carbocycles. The molecule has 142 valence electrons. The summed E-state index contributed by atoms with van der Waals surface area (Å²) in [6, 6.07) is 10.6. The minimum atomic E-state index is -0.271. The van der Waals surface area contributed by atoms with E-state index in [1.165, 1.54) is 6.07 Å². The van der Waals surface area contributed by atoms with Gasteiger partial charge in [-0.3, -0.25) is 0 Å². The predicted octanol–water partition coefficient (Wildman–Crippen LogP) is 5.70. The summed E-state index contributed by atoms with van der Waals surface area (Å²) < 4.78 is 26.2. The van der Waals surface area contributed by atoms with Gasteiger partial charge in [-0.05, 0) is 65.5 Å². The van der Waals surface area contributed by atoms with Crippen molar-refractivity contribution < 1.29 is 13.9 Å². The summed E-state index contributed by atoms with van der Waals surface area (Å²) in [5.74, 6) is 1.68. The molecule has 3 nitrogen and oxygen atoms in total. The molecule has 0 radical (unpaired) electrons. The molecular formula is C21H27BrFNO2. The molecule has 2 aromatic rings. The first-order valence-electron chi connectivity index (χ1n) is 9.03. The molecule has 0 aliphatic rings. The van der Waals surface area contributed by atoms with E-state index in [0.717, 1.165) is 29.5 Å². The average molecular weight is 424 g/mol. The Morgan fingerprint density at radius 2 is 1.92 bits per heavy atom. The lowest BCUT2D eigenvalue weighted by Crippen LogP contribution is -2.16. The van der Waals surface area contributed by atoms with E-state index in [9.17, 15) is 4.39 Å². The van der Waals surface area contributed by atoms with Gasteiger partial charge in [0, 0.05) is 12.1 Å². The van der Waals surface area contributed by atoms with E-state index in [1.807, 2.05) is 19.1 Å². The van der Waals surface area contributed by atoms with Crippen LogP contribution in [0.4, 0.5) is 4.39 Å². The first kappa shape index (κ1) is 20.7. The van der Waals surface area contributed by atoms with Gasteiger partial charge in [-0.2, -0.15) is 0 Å². The number of hydrogen-bond acceptors (Lipinski definition) is 3. The lowest BCUT2D eigenvalue weighted by atomic mass is 10.1. The number of hydrogen-bond donors (Lipinski definition) is 1. The van der Waals surface area contributed by atoms with Crippen molar-refractivity contribution in [1.82, 2.24) is 5.32 Å². The molecule has 0 heterocycles. The molecule has 0 bridgehead atoms. The highest BCUT2D eigenvalue weighted by Gasteiger charge is 2.13. The molecule has 2 rings (SSSR count). The van der Waals surface area contributed by atoms with Gasteiger partial charge in [0.05, 0.1) is 11.1 Å². The molecule has 1 N–H and O–H groups in total. The Bertz CT molecular complexity index is 706. The number of rotatable bonds is 10. The summed E-state index contributed by atoms with van der Waals surface area (Å²) in [6.45, 7) is 8.79. The van der Waals surface area contributed by atoms with Crippen LogP contribution in [-0.4, -0.2) is 13.2 Å². The van der Waals surface area contributed by atoms with Crippen LogP contribution in [0.25, 0.3) is 0 Å². The van der Waals surface area contributed by atoms with Gasteiger partial charge in [0.1, 0.15) is 12.4 Å². The van der Waals surface area contributed by atoms with E-state index in [1.54, 1.807) is 18.2 Å². The third-order valence-corrected chi connectivity index (χ3v) is 4.52. The SMILES string of the molecule is CCOc1cc(CNCCC(C)C)cc(Br)c1OCc1ccccc1F. The maximum atomic E-state index is 13.8. The van der Waals surface area contributed by atoms with Crippen LogP contribution in [0.3, 0.4) is 0 Å². The highest BCUT2D eigenvalue weighted by molar-refractivity contribution is 9.10. The monoisotopic (exact) mass is 423 g/mol. The maximum Gasteiger partial charge on any atom is 0.175 e. The summed E-state index contributed by atoms with van der Waals surface area (Å²) >= 11 is 3.57. The van der Waals surface area contributed by atoms with Crippen molar-refractivity contribution in [2.24, 2.45) is 5.92 Å². The smallest absolute Gasteiger partial charge is 0.175 e. The van der Waals surface area contributed by atoms with E-state index in [4.69, 9.17) is 9.47 Å². The molecule has 0 spiro atoms. The third kappa shape index (κ3) is 6.29. The topological polar surface area (TPSA) is 30.5 Å². The van der Waals surface area contributed by atoms with Gasteiger partial charge in [-0.1, -0.05) is 32.0 Å². The van der Waals surface area contributed by atoms with Gasteiger partial charge < -0.3 is 14.8 Å². The van der Waals surface area contributed by atoms with E-state index in [-0.39, 0.29) is 12.4 Å². The first-order valence-corrected chi connectivity index (χ1v) is 9.82. The lowest BCUT2D eigenvalue weighted by Gasteiger charge is -2.16. The van der Waals surface area contributed by atoms with Crippen molar-refractivity contribution in [1.29, 1.82) is 0 Å². The highest BCUT2D eigenvalue weighted by Crippen LogP contribution is 2.37. The fourth-order valence-corrected chi connectivity index (χ4v) is 3.12. The lowest BCUT2D eigenvalue weighted by molar-refractivity contribution is 0.264. The van der Waals surface area contributed by atoms with Gasteiger partial charge in [0.2, 0.25) is 0 Å². The van der Waals surface area contributed by atoms with Gasteiger partial charge in [-0.25, -0.2) is 4.39 Å². The van der Waals surface area contributed by atoms with Crippen LogP contribution in [0.5, 0.6) is 11.5 Å². The Kier molecular flexibility index (Phi) is 8.39. The molecular weight excluding hydrogens is 397 g/mol. The second kappa shape index (κ2) is 10.5. The number of benzene rings is 2. The molecule has 0 saturated carbocycles. The predicted molar refractivity (Wildman–Crippen MR) is 107 cm³/mol. The molecule has 0 aliphatic carbocycles. The normalized spacial score (nSPS) is 11.0. The molecule has 0 unspecified atom stereocenters. The van der Waals surface area contributed by atoms with Crippen molar-refractivity contribution in [2.75, 3.05) is 13.2 Å². The fourth-order valence-electron chi connectivity index (χ4n) is 2.52. The Morgan fingerprint density at radius 1 is 1.15 bits per heavy atom. The second-order valence-corrected chi connectivity index (χ2v) is 7.43. The number of halogens is 2. The Labute approximate surface area is 164 Å². The number of ether oxygens (including phenoxy) is 2. The van der Waals surface area contributed by atoms with E-state index < -0.39 is 0 Å². The third-order valence-electron chi connectivity index (χ3n) is 3.93. The van der Waals surface area contributed by atoms with Crippen LogP contribution in [0.1, 0.15) is 38.3 Å². The van der Waals surface area contributed by atoms with E-state index >= 15 is 0 Å². The van der Waals surface area contributed by atoms with Crippen molar-refractivity contribution in [3.8, 4) is 11.5 Å². The van der Waals surface area contributed by atoms with E-state index in [0.29, 0.717) is 29.6 Å². The van der Waals surface area contributed by atoms with Crippen LogP contribution in [0.15, 0.2) is 40.9 Å². The fraction of sp³-hybridized carbons (Fsp3) is 0.429. The summed E-state index contributed by atoms with van der Waals surface area (Å²) in [5, 5.41) is 3.45. The van der Waals surface area contributed by atoms with Crippen molar-refractivity contribution >= 4 is 15.9 Å². The molecule has 5 heteroatoms. The van der Waals surface area contributed by atoms with Gasteiger partial charge in [0.25, 0.3) is 0 Å². The quantitative estimate of drug-likeness (QED) is 0.497. The molecule has 0 aromatic heterocycles. The van der Waals surface area contributed by atoms with Crippen LogP contribution >= 0.6 is 15.9 Å². The molecule has 26 heavy (non-hydrogen) atoms. The number of nitrogens with one attached hydrogen (secondary N) is 1. The van der Waals surface area contributed by atoms with Crippen molar-refractivity contribution in [2.45, 2.75) is 40.3 Å². The molecule has 0 saturated heterocycles. The summed E-state index contributed by atoms with van der Waals surface area (Å²) in [4.78, 5) is 0. The maximum absolute atomic E-state index is 13.8. The van der Waals surface area contributed by atoms with Crippen LogP contribution in [0.2, 0.25) is 0 Å². The standard InChI is InChI=1S/C21H27BrFNO2/c1-4-25-20-12-16(13-24-10-9-15(2)3)11-18(22)21(20)26-14-17-7-5-6-8-19(17)23/h5-8,11-12,15,24H,4,9-10,13-14H2,1-3H3. The van der Waals surface area contributed by atoms with Gasteiger partial charge >= 0.3 is 0 Å². The Hall–Kier alpha value is -1.59. The van der Waals surface area contributed by atoms with Crippen LogP contribution in [-0.2, 0) is 13.2 Å². The molecule has 0 atom stereocenters. The van der Waals surface area contributed by atoms with Gasteiger partial charge in [-0.15, -0.1) is 0 Å².